The zero-order valence-electron chi connectivity index (χ0n) is 30.2. The lowest BCUT2D eigenvalue weighted by Crippen LogP contribution is -2.29. The molecule has 55 heavy (non-hydrogen) atoms. The first-order chi connectivity index (χ1) is 26.5. The van der Waals surface area contributed by atoms with E-state index in [0.717, 1.165) is 24.0 Å². The monoisotopic (exact) mass is 782 g/mol. The van der Waals surface area contributed by atoms with Crippen molar-refractivity contribution in [3.05, 3.63) is 100 Å². The molecule has 0 spiro atoms. The normalized spacial score (nSPS) is 13.3. The molecule has 1 saturated carbocycles. The van der Waals surface area contributed by atoms with E-state index in [1.54, 1.807) is 30.3 Å². The molecule has 0 bridgehead atoms. The number of fused-ring (bicyclic) bond motifs is 1. The molecule has 0 atom stereocenters. The third-order valence-corrected chi connectivity index (χ3v) is 9.89. The second-order valence-corrected chi connectivity index (χ2v) is 14.5. The molecule has 1 fully saturated rings. The van der Waals surface area contributed by atoms with E-state index in [4.69, 9.17) is 28.5 Å². The fourth-order valence-electron chi connectivity index (χ4n) is 5.67. The molecule has 3 aromatic carbocycles. The Labute approximate surface area is 317 Å². The zero-order valence-corrected chi connectivity index (χ0v) is 31.0. The van der Waals surface area contributed by atoms with E-state index in [2.05, 4.69) is 10.0 Å². The number of ketones is 1. The number of carboxylic acid groups (broad SMARTS) is 1. The fraction of sp³-hybridized carbons (Fsp3) is 0.359. The number of nitrogens with one attached hydrogen (secondary N) is 2. The molecule has 294 valence electrons. The van der Waals surface area contributed by atoms with Gasteiger partial charge in [0.2, 0.25) is 10.0 Å². The predicted molar refractivity (Wildman–Crippen MR) is 199 cm³/mol. The molecule has 4 N–H and O–H groups in total. The summed E-state index contributed by atoms with van der Waals surface area (Å²) in [5, 5.41) is 21.7. The lowest BCUT2D eigenvalue weighted by molar-refractivity contribution is -0.146. The summed E-state index contributed by atoms with van der Waals surface area (Å²) in [6.07, 6.45) is 2.47. The molecule has 0 radical (unpaired) electrons. The Kier molecular flexibility index (Phi) is 14.7. The van der Waals surface area contributed by atoms with Gasteiger partial charge in [0.15, 0.2) is 0 Å². The second-order valence-electron chi connectivity index (χ2n) is 12.7. The molecule has 0 aliphatic heterocycles. The third kappa shape index (κ3) is 12.0. The highest BCUT2D eigenvalue weighted by Crippen LogP contribution is 2.45. The Balaban J connectivity index is 0.971. The first-order valence-electron chi connectivity index (χ1n) is 17.6. The number of aliphatic carboxylic acids is 1. The van der Waals surface area contributed by atoms with Gasteiger partial charge in [-0.3, -0.25) is 9.59 Å². The zero-order chi connectivity index (χ0) is 39.4. The van der Waals surface area contributed by atoms with Crippen molar-refractivity contribution in [2.24, 2.45) is 0 Å². The number of carboxylic acids is 1. The smallest absolute Gasteiger partial charge is 0.376 e. The van der Waals surface area contributed by atoms with Crippen LogP contribution in [0.2, 0.25) is 0 Å². The van der Waals surface area contributed by atoms with Gasteiger partial charge in [0, 0.05) is 36.2 Å². The van der Waals surface area contributed by atoms with Gasteiger partial charge in [-0.25, -0.2) is 22.3 Å². The molecule has 16 heteroatoms. The number of carbonyl (C=O) groups is 3. The highest BCUT2D eigenvalue weighted by Gasteiger charge is 2.31. The van der Waals surface area contributed by atoms with Crippen molar-refractivity contribution in [3.8, 4) is 11.3 Å². The van der Waals surface area contributed by atoms with Crippen LogP contribution in [0.25, 0.3) is 28.1 Å². The maximum absolute atomic E-state index is 13.6. The Morgan fingerprint density at radius 1 is 0.873 bits per heavy atom. The van der Waals surface area contributed by atoms with Gasteiger partial charge in [-0.15, -0.1) is 0 Å². The average molecular weight is 783 g/mol. The van der Waals surface area contributed by atoms with Crippen LogP contribution in [0.1, 0.15) is 51.4 Å². The molecule has 1 amide bonds. The van der Waals surface area contributed by atoms with Crippen molar-refractivity contribution in [2.45, 2.75) is 31.1 Å². The van der Waals surface area contributed by atoms with Gasteiger partial charge >= 0.3 is 5.97 Å². The number of hydrogen-bond acceptors (Lipinski definition) is 11. The van der Waals surface area contributed by atoms with Crippen molar-refractivity contribution in [1.29, 1.82) is 0 Å². The molecule has 5 rings (SSSR count). The highest BCUT2D eigenvalue weighted by molar-refractivity contribution is 7.88. The minimum absolute atomic E-state index is 0.0696. The Morgan fingerprint density at radius 2 is 1.49 bits per heavy atom. The van der Waals surface area contributed by atoms with E-state index in [0.29, 0.717) is 72.3 Å². The number of aliphatic hydroxyl groups is 1. The Hall–Kier alpha value is -4.97. The molecule has 4 aromatic rings. The number of halogens is 1. The molecule has 0 unspecified atom stereocenters. The molecule has 1 aliphatic carbocycles. The summed E-state index contributed by atoms with van der Waals surface area (Å²) < 4.78 is 70.5. The van der Waals surface area contributed by atoms with Crippen LogP contribution < -0.4 is 10.0 Å². The van der Waals surface area contributed by atoms with E-state index in [1.807, 2.05) is 6.07 Å². The largest absolute Gasteiger partial charge is 0.507 e. The van der Waals surface area contributed by atoms with E-state index in [-0.39, 0.29) is 49.7 Å². The topological polar surface area (TPSA) is 200 Å². The number of aliphatic hydroxyl groups excluding tert-OH is 1. The van der Waals surface area contributed by atoms with Gasteiger partial charge in [0.25, 0.3) is 11.7 Å². The van der Waals surface area contributed by atoms with E-state index < -0.39 is 33.4 Å². The van der Waals surface area contributed by atoms with Crippen LogP contribution in [0, 0.1) is 5.82 Å². The number of hydrogen-bond donors (Lipinski definition) is 4. The summed E-state index contributed by atoms with van der Waals surface area (Å²) in [5.41, 5.74) is 3.76. The number of carbonyl (C=O) groups excluding carboxylic acids is 2. The van der Waals surface area contributed by atoms with Crippen molar-refractivity contribution in [3.63, 3.8) is 0 Å². The SMILES string of the molecule is CNC(=O)c1c(-c2ccc(F)cc2)oc2cc(CS(=O)(=O)NCCOCCOCCOCCOCc3ccc(/C(O)=C/C(=O)C(=O)O)cc3)c(C3CC3)cc12. The number of amides is 1. The maximum atomic E-state index is 13.6. The standard InChI is InChI=1S/C39H43FN2O12S/c1-41-38(45)36-32-21-31(26-6-7-26)29(20-35(32)54-37(36)28-8-10-30(40)11-9-28)24-55(48,49)42-12-13-50-14-15-51-16-17-52-18-19-53-23-25-2-4-27(5-3-25)33(43)22-34(44)39(46)47/h2-5,8-11,20-22,26,42-43H,6-7,12-19,23-24H2,1H3,(H,41,45)(H,46,47)/b33-22-. The summed E-state index contributed by atoms with van der Waals surface area (Å²) >= 11 is 0. The van der Waals surface area contributed by atoms with Gasteiger partial charge in [0.1, 0.15) is 22.9 Å². The molecule has 14 nitrogen and oxygen atoms in total. The summed E-state index contributed by atoms with van der Waals surface area (Å²) in [4.78, 5) is 34.8. The van der Waals surface area contributed by atoms with Crippen LogP contribution in [0.5, 0.6) is 0 Å². The lowest BCUT2D eigenvalue weighted by Gasteiger charge is -2.12. The summed E-state index contributed by atoms with van der Waals surface area (Å²) in [7, 11) is -2.23. The average Bonchev–Trinajstić information content (AvgIpc) is 3.94. The first-order valence-corrected chi connectivity index (χ1v) is 19.2. The molecule has 0 saturated heterocycles. The quantitative estimate of drug-likeness (QED) is 0.0350. The van der Waals surface area contributed by atoms with Crippen LogP contribution in [0.15, 0.2) is 71.2 Å². The fourth-order valence-corrected chi connectivity index (χ4v) is 6.83. The molecular weight excluding hydrogens is 739 g/mol. The Bertz CT molecular complexity index is 2090. The van der Waals surface area contributed by atoms with Gasteiger partial charge < -0.3 is 38.9 Å². The number of rotatable bonds is 23. The number of furan rings is 1. The van der Waals surface area contributed by atoms with Crippen molar-refractivity contribution in [1.82, 2.24) is 10.0 Å². The summed E-state index contributed by atoms with van der Waals surface area (Å²) in [6, 6.07) is 15.6. The Morgan fingerprint density at radius 3 is 2.09 bits per heavy atom. The summed E-state index contributed by atoms with van der Waals surface area (Å²) in [5.74, 6) is -3.90. The second kappa shape index (κ2) is 19.6. The van der Waals surface area contributed by atoms with Crippen LogP contribution in [-0.2, 0) is 50.9 Å². The van der Waals surface area contributed by atoms with Crippen molar-refractivity contribution in [2.75, 3.05) is 59.8 Å². The van der Waals surface area contributed by atoms with Crippen LogP contribution in [0.3, 0.4) is 0 Å². The predicted octanol–water partition coefficient (Wildman–Crippen LogP) is 4.71. The number of benzene rings is 3. The highest BCUT2D eigenvalue weighted by atomic mass is 32.2. The van der Waals surface area contributed by atoms with Gasteiger partial charge in [-0.1, -0.05) is 24.3 Å². The lowest BCUT2D eigenvalue weighted by atomic mass is 9.98. The molecule has 1 heterocycles. The van der Waals surface area contributed by atoms with Crippen LogP contribution in [0.4, 0.5) is 4.39 Å². The van der Waals surface area contributed by atoms with Crippen LogP contribution >= 0.6 is 0 Å². The minimum Gasteiger partial charge on any atom is -0.507 e. The van der Waals surface area contributed by atoms with E-state index in [9.17, 15) is 32.3 Å². The molecular formula is C39H43FN2O12S. The van der Waals surface area contributed by atoms with Crippen molar-refractivity contribution >= 4 is 44.4 Å². The van der Waals surface area contributed by atoms with E-state index in [1.165, 1.54) is 31.3 Å². The van der Waals surface area contributed by atoms with Gasteiger partial charge in [-0.05, 0) is 71.8 Å². The molecule has 1 aromatic heterocycles. The molecule has 1 aliphatic rings. The van der Waals surface area contributed by atoms with Crippen LogP contribution in [-0.4, -0.2) is 96.1 Å². The third-order valence-electron chi connectivity index (χ3n) is 8.55. The minimum atomic E-state index is -3.74. The number of ether oxygens (including phenoxy) is 4. The van der Waals surface area contributed by atoms with Crippen molar-refractivity contribution < 1.29 is 60.8 Å². The van der Waals surface area contributed by atoms with Gasteiger partial charge in [-0.2, -0.15) is 0 Å². The number of sulfonamides is 1. The van der Waals surface area contributed by atoms with E-state index >= 15 is 0 Å². The van der Waals surface area contributed by atoms with Gasteiger partial charge in [0.05, 0.1) is 64.2 Å². The summed E-state index contributed by atoms with van der Waals surface area (Å²) in [6.45, 7) is 2.40. The maximum Gasteiger partial charge on any atom is 0.376 e. The first kappa shape index (κ1) is 41.2.